The first-order valence-corrected chi connectivity index (χ1v) is 4.77. The summed E-state index contributed by atoms with van der Waals surface area (Å²) in [5, 5.41) is 8.63. The van der Waals surface area contributed by atoms with Gasteiger partial charge in [0.15, 0.2) is 0 Å². The smallest absolute Gasteiger partial charge is 0.239 e. The lowest BCUT2D eigenvalue weighted by Crippen LogP contribution is -2.39. The van der Waals surface area contributed by atoms with Crippen LogP contribution in [0.15, 0.2) is 10.6 Å². The summed E-state index contributed by atoms with van der Waals surface area (Å²) in [6.07, 6.45) is 0. The van der Waals surface area contributed by atoms with Gasteiger partial charge in [-0.3, -0.25) is 9.59 Å². The second-order valence-corrected chi connectivity index (χ2v) is 3.19. The SMILES string of the molecule is Cc1cc(CNC(=O)CNC(=O)CN)no1. The van der Waals surface area contributed by atoms with Crippen molar-refractivity contribution in [2.24, 2.45) is 5.73 Å². The Labute approximate surface area is 92.3 Å². The molecule has 7 heteroatoms. The molecule has 0 bridgehead atoms. The number of nitrogens with two attached hydrogens (primary N) is 1. The van der Waals surface area contributed by atoms with E-state index < -0.39 is 0 Å². The Morgan fingerprint density at radius 1 is 1.44 bits per heavy atom. The molecule has 0 saturated carbocycles. The normalized spacial score (nSPS) is 9.88. The van der Waals surface area contributed by atoms with Crippen molar-refractivity contribution >= 4 is 11.8 Å². The van der Waals surface area contributed by atoms with E-state index in [4.69, 9.17) is 10.3 Å². The second kappa shape index (κ2) is 5.86. The minimum Gasteiger partial charge on any atom is -0.361 e. The lowest BCUT2D eigenvalue weighted by Gasteiger charge is -2.03. The third kappa shape index (κ3) is 4.09. The van der Waals surface area contributed by atoms with E-state index >= 15 is 0 Å². The van der Waals surface area contributed by atoms with Crippen LogP contribution in [0.3, 0.4) is 0 Å². The highest BCUT2D eigenvalue weighted by Gasteiger charge is 2.05. The molecule has 0 aromatic carbocycles. The van der Waals surface area contributed by atoms with E-state index in [2.05, 4.69) is 15.8 Å². The standard InChI is InChI=1S/C9H14N4O3/c1-6-2-7(13-16-6)4-11-9(15)5-12-8(14)3-10/h2H,3-5,10H2,1H3,(H,11,15)(H,12,14). The molecule has 1 rings (SSSR count). The van der Waals surface area contributed by atoms with E-state index in [1.54, 1.807) is 13.0 Å². The molecule has 1 aromatic rings. The van der Waals surface area contributed by atoms with Crippen molar-refractivity contribution in [2.45, 2.75) is 13.5 Å². The molecule has 0 aliphatic carbocycles. The maximum absolute atomic E-state index is 11.2. The van der Waals surface area contributed by atoms with Crippen LogP contribution in [0.4, 0.5) is 0 Å². The van der Waals surface area contributed by atoms with Crippen LogP contribution in [0.2, 0.25) is 0 Å². The zero-order chi connectivity index (χ0) is 12.0. The van der Waals surface area contributed by atoms with Gasteiger partial charge in [-0.1, -0.05) is 5.16 Å². The first-order valence-electron chi connectivity index (χ1n) is 4.77. The zero-order valence-corrected chi connectivity index (χ0v) is 8.95. The minimum atomic E-state index is -0.368. The molecule has 16 heavy (non-hydrogen) atoms. The van der Waals surface area contributed by atoms with Crippen molar-refractivity contribution in [3.63, 3.8) is 0 Å². The van der Waals surface area contributed by atoms with Gasteiger partial charge in [0.2, 0.25) is 11.8 Å². The van der Waals surface area contributed by atoms with Crippen molar-refractivity contribution < 1.29 is 14.1 Å². The summed E-state index contributed by atoms with van der Waals surface area (Å²) >= 11 is 0. The summed E-state index contributed by atoms with van der Waals surface area (Å²) in [6, 6.07) is 1.72. The van der Waals surface area contributed by atoms with Gasteiger partial charge in [-0.05, 0) is 6.92 Å². The van der Waals surface area contributed by atoms with E-state index in [0.29, 0.717) is 11.5 Å². The van der Waals surface area contributed by atoms with E-state index in [1.165, 1.54) is 0 Å². The molecule has 4 N–H and O–H groups in total. The van der Waals surface area contributed by atoms with Crippen LogP contribution in [0.25, 0.3) is 0 Å². The molecule has 0 fully saturated rings. The molecule has 1 aromatic heterocycles. The van der Waals surface area contributed by atoms with Gasteiger partial charge in [0.25, 0.3) is 0 Å². The van der Waals surface area contributed by atoms with Crippen LogP contribution < -0.4 is 16.4 Å². The number of hydrogen-bond acceptors (Lipinski definition) is 5. The number of nitrogens with one attached hydrogen (secondary N) is 2. The molecule has 7 nitrogen and oxygen atoms in total. The molecule has 88 valence electrons. The lowest BCUT2D eigenvalue weighted by atomic mass is 10.4. The monoisotopic (exact) mass is 226 g/mol. The van der Waals surface area contributed by atoms with Crippen molar-refractivity contribution in [3.05, 3.63) is 17.5 Å². The molecular formula is C9H14N4O3. The van der Waals surface area contributed by atoms with Crippen molar-refractivity contribution in [2.75, 3.05) is 13.1 Å². The van der Waals surface area contributed by atoms with Gasteiger partial charge in [-0.15, -0.1) is 0 Å². The predicted octanol–water partition coefficient (Wildman–Crippen LogP) is -1.33. The summed E-state index contributed by atoms with van der Waals surface area (Å²) in [5.41, 5.74) is 5.70. The van der Waals surface area contributed by atoms with Gasteiger partial charge in [0, 0.05) is 6.07 Å². The van der Waals surface area contributed by atoms with E-state index in [1.807, 2.05) is 0 Å². The van der Waals surface area contributed by atoms with Gasteiger partial charge in [0.1, 0.15) is 11.5 Å². The van der Waals surface area contributed by atoms with Crippen molar-refractivity contribution in [3.8, 4) is 0 Å². The summed E-state index contributed by atoms with van der Waals surface area (Å²) in [5.74, 6) is 0.00978. The average molecular weight is 226 g/mol. The van der Waals surface area contributed by atoms with Gasteiger partial charge in [0.05, 0.1) is 19.6 Å². The van der Waals surface area contributed by atoms with E-state index in [0.717, 1.165) is 0 Å². The van der Waals surface area contributed by atoms with E-state index in [-0.39, 0.29) is 31.4 Å². The van der Waals surface area contributed by atoms with Crippen LogP contribution in [-0.4, -0.2) is 30.1 Å². The molecule has 0 saturated heterocycles. The first-order chi connectivity index (χ1) is 7.61. The molecule has 0 atom stereocenters. The third-order valence-corrected chi connectivity index (χ3v) is 1.77. The third-order valence-electron chi connectivity index (χ3n) is 1.77. The largest absolute Gasteiger partial charge is 0.361 e. The number of aromatic nitrogens is 1. The fraction of sp³-hybridized carbons (Fsp3) is 0.444. The number of carbonyl (C=O) groups is 2. The Bertz CT molecular complexity index is 375. The molecule has 0 spiro atoms. The van der Waals surface area contributed by atoms with Crippen LogP contribution >= 0.6 is 0 Å². The molecule has 0 radical (unpaired) electrons. The maximum atomic E-state index is 11.2. The van der Waals surface area contributed by atoms with E-state index in [9.17, 15) is 9.59 Å². The summed E-state index contributed by atoms with van der Waals surface area (Å²) in [6.45, 7) is 1.82. The minimum absolute atomic E-state index is 0.0904. The fourth-order valence-electron chi connectivity index (χ4n) is 1.00. The zero-order valence-electron chi connectivity index (χ0n) is 8.95. The van der Waals surface area contributed by atoms with Gasteiger partial charge in [-0.25, -0.2) is 0 Å². The Morgan fingerprint density at radius 2 is 2.19 bits per heavy atom. The highest BCUT2D eigenvalue weighted by Crippen LogP contribution is 2.00. The van der Waals surface area contributed by atoms with Crippen LogP contribution in [0.5, 0.6) is 0 Å². The topological polar surface area (TPSA) is 110 Å². The molecule has 2 amide bonds. The van der Waals surface area contributed by atoms with Gasteiger partial charge < -0.3 is 20.9 Å². The van der Waals surface area contributed by atoms with Gasteiger partial charge in [-0.2, -0.15) is 0 Å². The summed E-state index contributed by atoms with van der Waals surface area (Å²) < 4.78 is 4.82. The van der Waals surface area contributed by atoms with Gasteiger partial charge >= 0.3 is 0 Å². The highest BCUT2D eigenvalue weighted by atomic mass is 16.5. The molecule has 1 heterocycles. The fourth-order valence-corrected chi connectivity index (χ4v) is 1.00. The quantitative estimate of drug-likeness (QED) is 0.576. The van der Waals surface area contributed by atoms with Crippen LogP contribution in [0, 0.1) is 6.92 Å². The Hall–Kier alpha value is -1.89. The highest BCUT2D eigenvalue weighted by molar-refractivity contribution is 5.85. The predicted molar refractivity (Wildman–Crippen MR) is 55.2 cm³/mol. The van der Waals surface area contributed by atoms with Crippen LogP contribution in [-0.2, 0) is 16.1 Å². The Morgan fingerprint density at radius 3 is 2.75 bits per heavy atom. The summed E-state index contributed by atoms with van der Waals surface area (Å²) in [4.78, 5) is 22.0. The Balaban J connectivity index is 2.22. The number of amides is 2. The van der Waals surface area contributed by atoms with Crippen molar-refractivity contribution in [1.29, 1.82) is 0 Å². The maximum Gasteiger partial charge on any atom is 0.239 e. The second-order valence-electron chi connectivity index (χ2n) is 3.19. The number of rotatable bonds is 5. The lowest BCUT2D eigenvalue weighted by molar-refractivity contribution is -0.125. The Kier molecular flexibility index (Phi) is 4.46. The molecule has 0 aliphatic rings. The van der Waals surface area contributed by atoms with Crippen molar-refractivity contribution in [1.82, 2.24) is 15.8 Å². The number of hydrogen-bond donors (Lipinski definition) is 3. The summed E-state index contributed by atoms with van der Waals surface area (Å²) in [7, 11) is 0. The number of aryl methyl sites for hydroxylation is 1. The first kappa shape index (κ1) is 12.2. The molecule has 0 aliphatic heterocycles. The average Bonchev–Trinajstić information content (AvgIpc) is 2.69. The molecular weight excluding hydrogens is 212 g/mol. The number of nitrogens with zero attached hydrogens (tertiary/aromatic N) is 1. The van der Waals surface area contributed by atoms with Crippen LogP contribution in [0.1, 0.15) is 11.5 Å². The molecule has 0 unspecified atom stereocenters. The number of carbonyl (C=O) groups excluding carboxylic acids is 2.